The van der Waals surface area contributed by atoms with E-state index < -0.39 is 0 Å². The van der Waals surface area contributed by atoms with Gasteiger partial charge in [-0.15, -0.1) is 0 Å². The molecule has 1 aromatic carbocycles. The average Bonchev–Trinajstić information content (AvgIpc) is 3.44. The molecule has 0 bridgehead atoms. The van der Waals surface area contributed by atoms with E-state index in [4.69, 9.17) is 11.5 Å². The van der Waals surface area contributed by atoms with Crippen molar-refractivity contribution in [2.45, 2.75) is 25.7 Å². The number of dihydropyridines is 1. The lowest BCUT2D eigenvalue weighted by atomic mass is 9.94. The van der Waals surface area contributed by atoms with E-state index >= 15 is 0 Å². The molecule has 0 atom stereocenters. The van der Waals surface area contributed by atoms with Crippen LogP contribution in [0.2, 0.25) is 0 Å². The highest BCUT2D eigenvalue weighted by Crippen LogP contribution is 2.42. The number of benzene rings is 1. The Bertz CT molecular complexity index is 804. The first-order valence-corrected chi connectivity index (χ1v) is 8.57. The van der Waals surface area contributed by atoms with Gasteiger partial charge in [0, 0.05) is 23.5 Å². The zero-order valence-electron chi connectivity index (χ0n) is 14.4. The number of halogens is 1. The van der Waals surface area contributed by atoms with Crippen LogP contribution in [0.3, 0.4) is 0 Å². The molecule has 1 aliphatic heterocycles. The third kappa shape index (κ3) is 4.02. The third-order valence-corrected chi connectivity index (χ3v) is 4.36. The number of rotatable bonds is 5. The minimum atomic E-state index is -0.112. The molecule has 1 aliphatic carbocycles. The number of hydrogen-bond donors (Lipinski definition) is 3. The zero-order chi connectivity index (χ0) is 17.8. The molecule has 3 nitrogen and oxygen atoms in total. The highest BCUT2D eigenvalue weighted by molar-refractivity contribution is 5.77. The first-order chi connectivity index (χ1) is 12.1. The molecule has 2 aliphatic rings. The summed E-state index contributed by atoms with van der Waals surface area (Å²) in [6, 6.07) is 5.37. The molecule has 3 rings (SSSR count). The topological polar surface area (TPSA) is 64.1 Å². The van der Waals surface area contributed by atoms with E-state index in [9.17, 15) is 4.39 Å². The lowest BCUT2D eigenvalue weighted by molar-refractivity contribution is 0.610. The number of nitrogens with one attached hydrogen (secondary N) is 1. The normalized spacial score (nSPS) is 18.8. The van der Waals surface area contributed by atoms with Gasteiger partial charge in [0.2, 0.25) is 0 Å². The Balaban J connectivity index is 2.09. The largest absolute Gasteiger partial charge is 0.405 e. The van der Waals surface area contributed by atoms with Crippen LogP contribution in [0.4, 0.5) is 4.39 Å². The Morgan fingerprint density at radius 3 is 2.76 bits per heavy atom. The van der Waals surface area contributed by atoms with Crippen molar-refractivity contribution in [2.24, 2.45) is 11.5 Å². The van der Waals surface area contributed by atoms with Gasteiger partial charge in [-0.2, -0.15) is 0 Å². The van der Waals surface area contributed by atoms with Crippen LogP contribution in [-0.2, 0) is 0 Å². The molecule has 1 aromatic rings. The third-order valence-electron chi connectivity index (χ3n) is 4.36. The second-order valence-electron chi connectivity index (χ2n) is 6.47. The van der Waals surface area contributed by atoms with Crippen LogP contribution in [0.25, 0.3) is 5.70 Å². The Kier molecular flexibility index (Phi) is 5.08. The zero-order valence-corrected chi connectivity index (χ0v) is 14.4. The van der Waals surface area contributed by atoms with Crippen LogP contribution in [-0.4, -0.2) is 6.54 Å². The molecule has 25 heavy (non-hydrogen) atoms. The summed E-state index contributed by atoms with van der Waals surface area (Å²) in [5.41, 5.74) is 16.9. The fourth-order valence-electron chi connectivity index (χ4n) is 2.98. The molecule has 1 fully saturated rings. The predicted molar refractivity (Wildman–Crippen MR) is 102 cm³/mol. The van der Waals surface area contributed by atoms with Gasteiger partial charge in [0.25, 0.3) is 0 Å². The Labute approximate surface area is 148 Å². The summed E-state index contributed by atoms with van der Waals surface area (Å²) in [5, 5.41) is 3.42. The number of nitrogens with two attached hydrogens (primary N) is 2. The molecular weight excluding hydrogens is 313 g/mol. The predicted octanol–water partition coefficient (Wildman–Crippen LogP) is 3.83. The van der Waals surface area contributed by atoms with E-state index in [0.717, 1.165) is 53.1 Å². The summed E-state index contributed by atoms with van der Waals surface area (Å²) >= 11 is 0. The van der Waals surface area contributed by atoms with Gasteiger partial charge in [0.15, 0.2) is 0 Å². The lowest BCUT2D eigenvalue weighted by Crippen LogP contribution is -2.18. The van der Waals surface area contributed by atoms with Crippen molar-refractivity contribution in [2.75, 3.05) is 6.54 Å². The van der Waals surface area contributed by atoms with Crippen LogP contribution in [0.1, 0.15) is 36.8 Å². The monoisotopic (exact) mass is 337 g/mol. The molecule has 5 N–H and O–H groups in total. The second-order valence-corrected chi connectivity index (χ2v) is 6.47. The Morgan fingerprint density at radius 2 is 2.08 bits per heavy atom. The molecule has 1 heterocycles. The van der Waals surface area contributed by atoms with E-state index in [1.807, 2.05) is 37.3 Å². The van der Waals surface area contributed by atoms with Crippen molar-refractivity contribution in [3.63, 3.8) is 0 Å². The van der Waals surface area contributed by atoms with Crippen molar-refractivity contribution < 1.29 is 4.39 Å². The molecule has 0 saturated heterocycles. The SMILES string of the molecule is C/C(N)=C\C=C(/C=CN)C1=C(c2ccc(F)c(C3CC3)c2)NCC=C1. The molecule has 4 heteroatoms. The van der Waals surface area contributed by atoms with Gasteiger partial charge in [0.05, 0.1) is 0 Å². The fourth-order valence-corrected chi connectivity index (χ4v) is 2.98. The van der Waals surface area contributed by atoms with Gasteiger partial charge in [-0.3, -0.25) is 0 Å². The molecule has 0 aromatic heterocycles. The van der Waals surface area contributed by atoms with Crippen LogP contribution in [0, 0.1) is 5.82 Å². The maximum Gasteiger partial charge on any atom is 0.126 e. The maximum atomic E-state index is 14.1. The number of hydrogen-bond acceptors (Lipinski definition) is 3. The highest BCUT2D eigenvalue weighted by atomic mass is 19.1. The molecule has 130 valence electrons. The van der Waals surface area contributed by atoms with Crippen LogP contribution in [0.15, 0.2) is 71.6 Å². The minimum absolute atomic E-state index is 0.112. The average molecular weight is 337 g/mol. The summed E-state index contributed by atoms with van der Waals surface area (Å²) in [5.74, 6) is 0.254. The van der Waals surface area contributed by atoms with E-state index in [1.54, 1.807) is 6.07 Å². The first-order valence-electron chi connectivity index (χ1n) is 8.57. The molecule has 1 saturated carbocycles. The highest BCUT2D eigenvalue weighted by Gasteiger charge is 2.27. The van der Waals surface area contributed by atoms with Gasteiger partial charge in [-0.25, -0.2) is 4.39 Å². The van der Waals surface area contributed by atoms with Crippen LogP contribution < -0.4 is 16.8 Å². The summed E-state index contributed by atoms with van der Waals surface area (Å²) in [7, 11) is 0. The van der Waals surface area contributed by atoms with Crippen molar-refractivity contribution >= 4 is 5.70 Å². The lowest BCUT2D eigenvalue weighted by Gasteiger charge is -2.20. The van der Waals surface area contributed by atoms with Gasteiger partial charge in [-0.05, 0) is 78.9 Å². The smallest absolute Gasteiger partial charge is 0.126 e. The Hall–Kier alpha value is -2.75. The quantitative estimate of drug-likeness (QED) is 0.716. The van der Waals surface area contributed by atoms with Gasteiger partial charge >= 0.3 is 0 Å². The van der Waals surface area contributed by atoms with Crippen molar-refractivity contribution in [3.8, 4) is 0 Å². The van der Waals surface area contributed by atoms with Crippen LogP contribution in [0.5, 0.6) is 0 Å². The Morgan fingerprint density at radius 1 is 1.28 bits per heavy atom. The molecule has 0 amide bonds. The summed E-state index contributed by atoms with van der Waals surface area (Å²) in [6.07, 6.45) is 13.4. The first kappa shape index (κ1) is 17.1. The summed E-state index contributed by atoms with van der Waals surface area (Å²) in [4.78, 5) is 0. The summed E-state index contributed by atoms with van der Waals surface area (Å²) in [6.45, 7) is 2.58. The van der Waals surface area contributed by atoms with Gasteiger partial charge < -0.3 is 16.8 Å². The molecule has 0 spiro atoms. The molecule has 0 unspecified atom stereocenters. The molecular formula is C21H24FN3. The van der Waals surface area contributed by atoms with E-state index in [-0.39, 0.29) is 5.82 Å². The summed E-state index contributed by atoms with van der Waals surface area (Å²) < 4.78 is 14.1. The van der Waals surface area contributed by atoms with E-state index in [1.165, 1.54) is 6.20 Å². The fraction of sp³-hybridized carbons (Fsp3) is 0.238. The van der Waals surface area contributed by atoms with Crippen molar-refractivity contribution in [1.82, 2.24) is 5.32 Å². The van der Waals surface area contributed by atoms with E-state index in [0.29, 0.717) is 5.92 Å². The van der Waals surface area contributed by atoms with E-state index in [2.05, 4.69) is 17.5 Å². The van der Waals surface area contributed by atoms with Gasteiger partial charge in [0.1, 0.15) is 5.82 Å². The minimum Gasteiger partial charge on any atom is -0.405 e. The second kappa shape index (κ2) is 7.43. The standard InChI is InChI=1S/C21H24FN3/c1-14(24)4-5-16(10-11-23)18-3-2-12-25-21(18)17-8-9-20(22)19(13-17)15-6-7-15/h2-5,8-11,13,15,25H,6-7,12,23-24H2,1H3/b11-10?,14-4+,16-5+. The molecule has 0 radical (unpaired) electrons. The van der Waals surface area contributed by atoms with Gasteiger partial charge in [-0.1, -0.05) is 18.2 Å². The number of allylic oxidation sites excluding steroid dienone is 7. The maximum absolute atomic E-state index is 14.1. The van der Waals surface area contributed by atoms with Crippen molar-refractivity contribution in [1.29, 1.82) is 0 Å². The van der Waals surface area contributed by atoms with Crippen molar-refractivity contribution in [3.05, 3.63) is 88.6 Å². The van der Waals surface area contributed by atoms with Crippen LogP contribution >= 0.6 is 0 Å².